The predicted molar refractivity (Wildman–Crippen MR) is 130 cm³/mol. The van der Waals surface area contributed by atoms with E-state index >= 15 is 0 Å². The van der Waals surface area contributed by atoms with E-state index in [1.807, 2.05) is 37.4 Å². The Morgan fingerprint density at radius 2 is 1.70 bits per heavy atom. The van der Waals surface area contributed by atoms with Crippen LogP contribution in [0.4, 0.5) is 0 Å². The summed E-state index contributed by atoms with van der Waals surface area (Å²) >= 11 is 0. The van der Waals surface area contributed by atoms with Crippen molar-refractivity contribution >= 4 is 5.97 Å². The number of aliphatic carboxylic acids is 1. The standard InChI is InChI=1S/C28H34N2O3/c1-27(2)13-14-28(3,4)24-16-19(6-11-23(24)27)18-33-21-9-7-20(8-10-21)22(17-26(31)32)25-12-15-29-30(25)5/h6-12,15-16,22H,13-14,17-18H2,1-5H3,(H,31,32)/t22-/m0/s1. The van der Waals surface area contributed by atoms with Crippen molar-refractivity contribution < 1.29 is 14.6 Å². The highest BCUT2D eigenvalue weighted by atomic mass is 16.5. The number of aryl methyl sites for hydroxylation is 1. The molecule has 0 aliphatic heterocycles. The Balaban J connectivity index is 1.50. The molecule has 1 aliphatic carbocycles. The molecule has 0 unspecified atom stereocenters. The van der Waals surface area contributed by atoms with Gasteiger partial charge >= 0.3 is 5.97 Å². The summed E-state index contributed by atoms with van der Waals surface area (Å²) < 4.78 is 7.83. The highest BCUT2D eigenvalue weighted by Crippen LogP contribution is 2.46. The van der Waals surface area contributed by atoms with E-state index in [1.54, 1.807) is 10.9 Å². The molecule has 1 heterocycles. The van der Waals surface area contributed by atoms with Gasteiger partial charge in [-0.3, -0.25) is 9.48 Å². The van der Waals surface area contributed by atoms with Crippen molar-refractivity contribution in [1.82, 2.24) is 9.78 Å². The molecule has 0 amide bonds. The topological polar surface area (TPSA) is 64.4 Å². The number of rotatable bonds is 7. The summed E-state index contributed by atoms with van der Waals surface area (Å²) in [5.74, 6) is -0.314. The normalized spacial score (nSPS) is 17.2. The van der Waals surface area contributed by atoms with Crippen molar-refractivity contribution in [2.75, 3.05) is 0 Å². The van der Waals surface area contributed by atoms with Gasteiger partial charge in [0, 0.05) is 24.9 Å². The fourth-order valence-electron chi connectivity index (χ4n) is 4.98. The summed E-state index contributed by atoms with van der Waals surface area (Å²) in [6.07, 6.45) is 4.10. The van der Waals surface area contributed by atoms with Crippen LogP contribution >= 0.6 is 0 Å². The summed E-state index contributed by atoms with van der Waals surface area (Å²) in [7, 11) is 1.84. The van der Waals surface area contributed by atoms with Gasteiger partial charge in [-0.25, -0.2) is 0 Å². The first kappa shape index (κ1) is 23.1. The number of fused-ring (bicyclic) bond motifs is 1. The Bertz CT molecular complexity index is 1140. The molecule has 5 heteroatoms. The quantitative estimate of drug-likeness (QED) is 0.487. The molecular weight excluding hydrogens is 412 g/mol. The molecule has 33 heavy (non-hydrogen) atoms. The maximum absolute atomic E-state index is 11.4. The fraction of sp³-hybridized carbons (Fsp3) is 0.429. The predicted octanol–water partition coefficient (Wildman–Crippen LogP) is 5.95. The van der Waals surface area contributed by atoms with Crippen LogP contribution in [0, 0.1) is 0 Å². The number of benzene rings is 2. The van der Waals surface area contributed by atoms with Crippen molar-refractivity contribution in [3.63, 3.8) is 0 Å². The molecule has 0 fully saturated rings. The van der Waals surface area contributed by atoms with E-state index in [2.05, 4.69) is 51.0 Å². The maximum Gasteiger partial charge on any atom is 0.304 e. The number of carbonyl (C=O) groups is 1. The molecule has 174 valence electrons. The molecule has 1 atom stereocenters. The third kappa shape index (κ3) is 4.82. The van der Waals surface area contributed by atoms with Crippen LogP contribution in [0.25, 0.3) is 0 Å². The lowest BCUT2D eigenvalue weighted by molar-refractivity contribution is -0.137. The Labute approximate surface area is 196 Å². The third-order valence-electron chi connectivity index (χ3n) is 7.20. The second kappa shape index (κ2) is 8.69. The zero-order valence-electron chi connectivity index (χ0n) is 20.3. The lowest BCUT2D eigenvalue weighted by Gasteiger charge is -2.42. The smallest absolute Gasteiger partial charge is 0.304 e. The van der Waals surface area contributed by atoms with Crippen molar-refractivity contribution in [3.05, 3.63) is 82.7 Å². The number of hydrogen-bond acceptors (Lipinski definition) is 3. The maximum atomic E-state index is 11.4. The number of hydrogen-bond donors (Lipinski definition) is 1. The highest BCUT2D eigenvalue weighted by molar-refractivity contribution is 5.69. The summed E-state index contributed by atoms with van der Waals surface area (Å²) in [4.78, 5) is 11.4. The van der Waals surface area contributed by atoms with Crippen LogP contribution in [0.2, 0.25) is 0 Å². The molecule has 5 nitrogen and oxygen atoms in total. The van der Waals surface area contributed by atoms with Gasteiger partial charge in [0.1, 0.15) is 12.4 Å². The Morgan fingerprint density at radius 1 is 1.03 bits per heavy atom. The first-order chi connectivity index (χ1) is 15.6. The van der Waals surface area contributed by atoms with E-state index in [0.29, 0.717) is 6.61 Å². The number of carboxylic acid groups (broad SMARTS) is 1. The van der Waals surface area contributed by atoms with Crippen LogP contribution in [0.3, 0.4) is 0 Å². The minimum Gasteiger partial charge on any atom is -0.489 e. The van der Waals surface area contributed by atoms with Crippen LogP contribution in [-0.2, 0) is 29.3 Å². The van der Waals surface area contributed by atoms with Gasteiger partial charge in [0.2, 0.25) is 0 Å². The van der Waals surface area contributed by atoms with Crippen LogP contribution in [0.5, 0.6) is 5.75 Å². The lowest BCUT2D eigenvalue weighted by atomic mass is 9.63. The zero-order chi connectivity index (χ0) is 23.8. The molecular formula is C28H34N2O3. The second-order valence-electron chi connectivity index (χ2n) is 10.5. The molecule has 1 aliphatic rings. The summed E-state index contributed by atoms with van der Waals surface area (Å²) in [6.45, 7) is 9.84. The minimum absolute atomic E-state index is 0.0149. The summed E-state index contributed by atoms with van der Waals surface area (Å²) in [6, 6.07) is 16.4. The summed E-state index contributed by atoms with van der Waals surface area (Å²) in [5, 5.41) is 13.6. The molecule has 3 aromatic rings. The first-order valence-electron chi connectivity index (χ1n) is 11.6. The number of aromatic nitrogens is 2. The van der Waals surface area contributed by atoms with Gasteiger partial charge in [0.15, 0.2) is 0 Å². The molecule has 2 aromatic carbocycles. The monoisotopic (exact) mass is 446 g/mol. The lowest BCUT2D eigenvalue weighted by Crippen LogP contribution is -2.33. The van der Waals surface area contributed by atoms with E-state index < -0.39 is 5.97 Å². The van der Waals surface area contributed by atoms with Gasteiger partial charge in [-0.05, 0) is 64.1 Å². The van der Waals surface area contributed by atoms with Gasteiger partial charge in [-0.2, -0.15) is 5.10 Å². The van der Waals surface area contributed by atoms with E-state index in [-0.39, 0.29) is 23.2 Å². The van der Waals surface area contributed by atoms with Crippen LogP contribution in [-0.4, -0.2) is 20.9 Å². The molecule has 0 saturated carbocycles. The average Bonchev–Trinajstić information content (AvgIpc) is 3.20. The van der Waals surface area contributed by atoms with Gasteiger partial charge in [0.25, 0.3) is 0 Å². The van der Waals surface area contributed by atoms with E-state index in [4.69, 9.17) is 4.74 Å². The third-order valence-corrected chi connectivity index (χ3v) is 7.20. The van der Waals surface area contributed by atoms with E-state index in [9.17, 15) is 9.90 Å². The van der Waals surface area contributed by atoms with Crippen LogP contribution in [0.1, 0.15) is 80.8 Å². The van der Waals surface area contributed by atoms with E-state index in [0.717, 1.165) is 17.0 Å². The van der Waals surface area contributed by atoms with E-state index in [1.165, 1.54) is 29.5 Å². The number of nitrogens with zero attached hydrogens (tertiary/aromatic N) is 2. The van der Waals surface area contributed by atoms with Gasteiger partial charge in [-0.1, -0.05) is 58.0 Å². The molecule has 4 rings (SSSR count). The Morgan fingerprint density at radius 3 is 2.30 bits per heavy atom. The molecule has 1 aromatic heterocycles. The SMILES string of the molecule is Cn1nccc1[C@@H](CC(=O)O)c1ccc(OCc2ccc3c(c2)C(C)(C)CCC3(C)C)cc1. The molecule has 1 N–H and O–H groups in total. The van der Waals surface area contributed by atoms with Crippen molar-refractivity contribution in [2.24, 2.45) is 7.05 Å². The molecule has 0 bridgehead atoms. The minimum atomic E-state index is -0.833. The molecule has 0 spiro atoms. The number of ether oxygens (including phenoxy) is 1. The largest absolute Gasteiger partial charge is 0.489 e. The first-order valence-corrected chi connectivity index (χ1v) is 11.6. The average molecular weight is 447 g/mol. The van der Waals surface area contributed by atoms with Crippen LogP contribution < -0.4 is 4.74 Å². The number of carboxylic acids is 1. The van der Waals surface area contributed by atoms with Crippen molar-refractivity contribution in [1.29, 1.82) is 0 Å². The van der Waals surface area contributed by atoms with Gasteiger partial charge < -0.3 is 9.84 Å². The van der Waals surface area contributed by atoms with Crippen molar-refractivity contribution in [2.45, 2.75) is 70.3 Å². The van der Waals surface area contributed by atoms with Gasteiger partial charge in [0.05, 0.1) is 6.42 Å². The highest BCUT2D eigenvalue weighted by Gasteiger charge is 2.36. The van der Waals surface area contributed by atoms with Crippen molar-refractivity contribution in [3.8, 4) is 5.75 Å². The Hall–Kier alpha value is -3.08. The zero-order valence-corrected chi connectivity index (χ0v) is 20.3. The molecule has 0 radical (unpaired) electrons. The second-order valence-corrected chi connectivity index (χ2v) is 10.5. The summed E-state index contributed by atoms with van der Waals surface area (Å²) in [5.41, 5.74) is 6.25. The molecule has 0 saturated heterocycles. The Kier molecular flexibility index (Phi) is 6.08. The van der Waals surface area contributed by atoms with Crippen LogP contribution in [0.15, 0.2) is 54.7 Å². The van der Waals surface area contributed by atoms with Gasteiger partial charge in [-0.15, -0.1) is 0 Å². The fourth-order valence-corrected chi connectivity index (χ4v) is 4.98.